The van der Waals surface area contributed by atoms with Crippen LogP contribution in [0.25, 0.3) is 0 Å². The summed E-state index contributed by atoms with van der Waals surface area (Å²) in [6.07, 6.45) is 3.79. The first kappa shape index (κ1) is 13.2. The van der Waals surface area contributed by atoms with E-state index in [0.29, 0.717) is 0 Å². The van der Waals surface area contributed by atoms with Crippen molar-refractivity contribution in [3.63, 3.8) is 0 Å². The molecule has 3 nitrogen and oxygen atoms in total. The van der Waals surface area contributed by atoms with Gasteiger partial charge in [-0.05, 0) is 38.3 Å². The summed E-state index contributed by atoms with van der Waals surface area (Å²) in [4.78, 5) is 0. The number of hydrogen-bond donors (Lipinski definition) is 1. The van der Waals surface area contributed by atoms with Gasteiger partial charge in [0, 0.05) is 12.6 Å². The maximum absolute atomic E-state index is 5.93. The van der Waals surface area contributed by atoms with E-state index in [2.05, 4.69) is 19.2 Å². The van der Waals surface area contributed by atoms with E-state index >= 15 is 0 Å². The van der Waals surface area contributed by atoms with Crippen LogP contribution >= 0.6 is 0 Å². The smallest absolute Gasteiger partial charge is 0.161 e. The van der Waals surface area contributed by atoms with Crippen molar-refractivity contribution in [1.82, 2.24) is 5.32 Å². The standard InChI is InChI=1S/C15H23NO2/c1-3-10-17-14-6-4-5-7-15(14)18-12(2)11-16-13-8-9-13/h4-7,12-13,16H,3,8-11H2,1-2H3. The molecule has 0 bridgehead atoms. The van der Waals surface area contributed by atoms with Crippen LogP contribution in [0.5, 0.6) is 11.5 Å². The Kier molecular flexibility index (Phi) is 4.88. The molecule has 1 aromatic carbocycles. The van der Waals surface area contributed by atoms with Gasteiger partial charge in [0.05, 0.1) is 6.61 Å². The molecule has 1 N–H and O–H groups in total. The highest BCUT2D eigenvalue weighted by atomic mass is 16.5. The van der Waals surface area contributed by atoms with Crippen molar-refractivity contribution in [2.24, 2.45) is 0 Å². The van der Waals surface area contributed by atoms with E-state index in [9.17, 15) is 0 Å². The highest BCUT2D eigenvalue weighted by Gasteiger charge is 2.21. The van der Waals surface area contributed by atoms with Gasteiger partial charge in [0.25, 0.3) is 0 Å². The molecule has 0 heterocycles. The van der Waals surface area contributed by atoms with Crippen molar-refractivity contribution in [2.75, 3.05) is 13.2 Å². The second-order valence-corrected chi connectivity index (χ2v) is 4.91. The average molecular weight is 249 g/mol. The van der Waals surface area contributed by atoms with Gasteiger partial charge in [0.1, 0.15) is 6.10 Å². The predicted octanol–water partition coefficient (Wildman–Crippen LogP) is 2.99. The molecule has 1 saturated carbocycles. The number of hydrogen-bond acceptors (Lipinski definition) is 3. The van der Waals surface area contributed by atoms with Gasteiger partial charge in [0.2, 0.25) is 0 Å². The lowest BCUT2D eigenvalue weighted by atomic mass is 10.3. The van der Waals surface area contributed by atoms with Crippen LogP contribution in [0.2, 0.25) is 0 Å². The van der Waals surface area contributed by atoms with Crippen molar-refractivity contribution in [2.45, 2.75) is 45.3 Å². The molecule has 0 aromatic heterocycles. The fourth-order valence-electron chi connectivity index (χ4n) is 1.76. The Morgan fingerprint density at radius 1 is 1.28 bits per heavy atom. The molecule has 1 unspecified atom stereocenters. The number of para-hydroxylation sites is 2. The topological polar surface area (TPSA) is 30.5 Å². The van der Waals surface area contributed by atoms with Crippen LogP contribution in [0.3, 0.4) is 0 Å². The van der Waals surface area contributed by atoms with Gasteiger partial charge in [-0.25, -0.2) is 0 Å². The Morgan fingerprint density at radius 2 is 2.00 bits per heavy atom. The fourth-order valence-corrected chi connectivity index (χ4v) is 1.76. The summed E-state index contributed by atoms with van der Waals surface area (Å²) >= 11 is 0. The monoisotopic (exact) mass is 249 g/mol. The van der Waals surface area contributed by atoms with Crippen LogP contribution in [0.15, 0.2) is 24.3 Å². The molecule has 0 radical (unpaired) electrons. The maximum Gasteiger partial charge on any atom is 0.161 e. The third-order valence-corrected chi connectivity index (χ3v) is 2.91. The second-order valence-electron chi connectivity index (χ2n) is 4.91. The van der Waals surface area contributed by atoms with Crippen LogP contribution in [0.4, 0.5) is 0 Å². The van der Waals surface area contributed by atoms with Crippen LogP contribution < -0.4 is 14.8 Å². The lowest BCUT2D eigenvalue weighted by molar-refractivity contribution is 0.201. The largest absolute Gasteiger partial charge is 0.490 e. The zero-order valence-corrected chi connectivity index (χ0v) is 11.3. The molecule has 18 heavy (non-hydrogen) atoms. The first-order chi connectivity index (χ1) is 8.79. The number of ether oxygens (including phenoxy) is 2. The van der Waals surface area contributed by atoms with Gasteiger partial charge >= 0.3 is 0 Å². The number of nitrogens with one attached hydrogen (secondary N) is 1. The molecule has 0 saturated heterocycles. The molecule has 0 spiro atoms. The van der Waals surface area contributed by atoms with Crippen molar-refractivity contribution in [1.29, 1.82) is 0 Å². The van der Waals surface area contributed by atoms with Crippen molar-refractivity contribution >= 4 is 0 Å². The van der Waals surface area contributed by atoms with E-state index < -0.39 is 0 Å². The van der Waals surface area contributed by atoms with Crippen LogP contribution in [-0.4, -0.2) is 25.3 Å². The number of benzene rings is 1. The Labute approximate surface area is 109 Å². The second kappa shape index (κ2) is 6.64. The molecule has 1 aliphatic carbocycles. The van der Waals surface area contributed by atoms with Crippen LogP contribution in [0.1, 0.15) is 33.1 Å². The molecule has 0 amide bonds. The first-order valence-corrected chi connectivity index (χ1v) is 6.91. The molecule has 1 atom stereocenters. The third-order valence-electron chi connectivity index (χ3n) is 2.91. The van der Waals surface area contributed by atoms with Crippen LogP contribution in [0, 0.1) is 0 Å². The van der Waals surface area contributed by atoms with Gasteiger partial charge in [0.15, 0.2) is 11.5 Å². The molecule has 1 aromatic rings. The minimum atomic E-state index is 0.164. The quantitative estimate of drug-likeness (QED) is 0.768. The summed E-state index contributed by atoms with van der Waals surface area (Å²) in [6.45, 7) is 5.82. The lowest BCUT2D eigenvalue weighted by Gasteiger charge is -2.18. The molecular formula is C15H23NO2. The highest BCUT2D eigenvalue weighted by Crippen LogP contribution is 2.27. The molecule has 1 fully saturated rings. The fraction of sp³-hybridized carbons (Fsp3) is 0.600. The minimum Gasteiger partial charge on any atom is -0.490 e. The third kappa shape index (κ3) is 4.22. The van der Waals surface area contributed by atoms with E-state index in [1.54, 1.807) is 0 Å². The normalized spacial score (nSPS) is 16.3. The summed E-state index contributed by atoms with van der Waals surface area (Å²) < 4.78 is 11.6. The van der Waals surface area contributed by atoms with Crippen molar-refractivity contribution in [3.8, 4) is 11.5 Å². The molecule has 3 heteroatoms. The molecule has 0 aliphatic heterocycles. The van der Waals surface area contributed by atoms with E-state index in [1.807, 2.05) is 24.3 Å². The van der Waals surface area contributed by atoms with Gasteiger partial charge < -0.3 is 14.8 Å². The van der Waals surface area contributed by atoms with Crippen LogP contribution in [-0.2, 0) is 0 Å². The first-order valence-electron chi connectivity index (χ1n) is 6.91. The zero-order chi connectivity index (χ0) is 12.8. The Balaban J connectivity index is 1.85. The Morgan fingerprint density at radius 3 is 2.67 bits per heavy atom. The summed E-state index contributed by atoms with van der Waals surface area (Å²) in [5.74, 6) is 1.69. The molecule has 2 rings (SSSR count). The zero-order valence-electron chi connectivity index (χ0n) is 11.3. The van der Waals surface area contributed by atoms with E-state index in [-0.39, 0.29) is 6.10 Å². The Bertz CT molecular complexity index is 363. The molecular weight excluding hydrogens is 226 g/mol. The van der Waals surface area contributed by atoms with E-state index in [1.165, 1.54) is 12.8 Å². The van der Waals surface area contributed by atoms with Gasteiger partial charge in [-0.2, -0.15) is 0 Å². The highest BCUT2D eigenvalue weighted by molar-refractivity contribution is 5.39. The van der Waals surface area contributed by atoms with Crippen molar-refractivity contribution in [3.05, 3.63) is 24.3 Å². The summed E-state index contributed by atoms with van der Waals surface area (Å²) in [5, 5.41) is 3.47. The summed E-state index contributed by atoms with van der Waals surface area (Å²) in [6, 6.07) is 8.62. The lowest BCUT2D eigenvalue weighted by Crippen LogP contribution is -2.30. The van der Waals surface area contributed by atoms with E-state index in [0.717, 1.165) is 37.1 Å². The molecule has 1 aliphatic rings. The van der Waals surface area contributed by atoms with Gasteiger partial charge in [-0.3, -0.25) is 0 Å². The predicted molar refractivity (Wildman–Crippen MR) is 73.3 cm³/mol. The number of rotatable bonds is 8. The van der Waals surface area contributed by atoms with E-state index in [4.69, 9.17) is 9.47 Å². The average Bonchev–Trinajstić information content (AvgIpc) is 3.19. The van der Waals surface area contributed by atoms with Gasteiger partial charge in [-0.1, -0.05) is 19.1 Å². The SMILES string of the molecule is CCCOc1ccccc1OC(C)CNC1CC1. The Hall–Kier alpha value is -1.22. The minimum absolute atomic E-state index is 0.164. The maximum atomic E-state index is 5.93. The summed E-state index contributed by atoms with van der Waals surface area (Å²) in [5.41, 5.74) is 0. The summed E-state index contributed by atoms with van der Waals surface area (Å²) in [7, 11) is 0. The van der Waals surface area contributed by atoms with Crippen molar-refractivity contribution < 1.29 is 9.47 Å². The van der Waals surface area contributed by atoms with Gasteiger partial charge in [-0.15, -0.1) is 0 Å². The molecule has 100 valence electrons.